The summed E-state index contributed by atoms with van der Waals surface area (Å²) in [7, 11) is -3.85. The van der Waals surface area contributed by atoms with Crippen LogP contribution in [0.2, 0.25) is 0 Å². The van der Waals surface area contributed by atoms with Crippen molar-refractivity contribution in [3.8, 4) is 0 Å². The maximum atomic E-state index is 13.0. The van der Waals surface area contributed by atoms with E-state index in [0.717, 1.165) is 18.6 Å². The predicted octanol–water partition coefficient (Wildman–Crippen LogP) is 3.46. The number of hydrogen-bond donors (Lipinski definition) is 2. The molecule has 1 aliphatic rings. The third-order valence-electron chi connectivity index (χ3n) is 5.13. The van der Waals surface area contributed by atoms with Crippen LogP contribution in [-0.4, -0.2) is 38.2 Å². The van der Waals surface area contributed by atoms with E-state index in [1.54, 1.807) is 17.0 Å². The van der Waals surface area contributed by atoms with Gasteiger partial charge in [0, 0.05) is 30.4 Å². The molecule has 2 N–H and O–H groups in total. The zero-order valence-corrected chi connectivity index (χ0v) is 18.3. The minimum absolute atomic E-state index is 0.0512. The number of anilines is 2. The summed E-state index contributed by atoms with van der Waals surface area (Å²) in [6, 6.07) is 10.8. The Kier molecular flexibility index (Phi) is 6.94. The van der Waals surface area contributed by atoms with E-state index >= 15 is 0 Å². The lowest BCUT2D eigenvalue weighted by Crippen LogP contribution is -2.45. The van der Waals surface area contributed by atoms with Gasteiger partial charge >= 0.3 is 0 Å². The van der Waals surface area contributed by atoms with E-state index in [-0.39, 0.29) is 28.5 Å². The highest BCUT2D eigenvalue weighted by atomic mass is 32.2. The lowest BCUT2D eigenvalue weighted by atomic mass is 9.96. The number of halogens is 1. The van der Waals surface area contributed by atoms with Gasteiger partial charge < -0.3 is 10.2 Å². The molecule has 31 heavy (non-hydrogen) atoms. The molecular weight excluding hydrogens is 421 g/mol. The van der Waals surface area contributed by atoms with Crippen molar-refractivity contribution in [2.75, 3.05) is 23.1 Å². The number of benzene rings is 2. The Morgan fingerprint density at radius 1 is 1.03 bits per heavy atom. The molecule has 1 unspecified atom stereocenters. The van der Waals surface area contributed by atoms with Crippen LogP contribution in [0.15, 0.2) is 53.4 Å². The lowest BCUT2D eigenvalue weighted by molar-refractivity contribution is -0.137. The fraction of sp³-hybridized carbons (Fsp3) is 0.364. The Labute approximate surface area is 181 Å². The van der Waals surface area contributed by atoms with Crippen LogP contribution in [0.5, 0.6) is 0 Å². The minimum Gasteiger partial charge on any atom is -0.342 e. The number of carbonyl (C=O) groups is 2. The number of sulfonamides is 1. The van der Waals surface area contributed by atoms with Gasteiger partial charge in [-0.3, -0.25) is 14.3 Å². The summed E-state index contributed by atoms with van der Waals surface area (Å²) in [5.74, 6) is -1.02. The van der Waals surface area contributed by atoms with E-state index in [1.807, 2.05) is 13.8 Å². The molecule has 0 radical (unpaired) electrons. The minimum atomic E-state index is -3.85. The maximum Gasteiger partial charge on any atom is 0.261 e. The molecule has 0 bridgehead atoms. The van der Waals surface area contributed by atoms with Crippen LogP contribution in [0, 0.1) is 17.7 Å². The van der Waals surface area contributed by atoms with Crippen molar-refractivity contribution in [2.24, 2.45) is 11.8 Å². The molecule has 2 amide bonds. The number of piperidine rings is 1. The third kappa shape index (κ3) is 5.81. The molecule has 1 aliphatic heterocycles. The van der Waals surface area contributed by atoms with Gasteiger partial charge in [0.05, 0.1) is 10.8 Å². The fourth-order valence-corrected chi connectivity index (χ4v) is 4.51. The van der Waals surface area contributed by atoms with Crippen molar-refractivity contribution >= 4 is 33.2 Å². The van der Waals surface area contributed by atoms with Crippen LogP contribution < -0.4 is 10.0 Å². The molecule has 1 saturated heterocycles. The van der Waals surface area contributed by atoms with E-state index in [9.17, 15) is 22.4 Å². The number of nitrogens with zero attached hydrogens (tertiary/aromatic N) is 1. The molecule has 0 spiro atoms. The fourth-order valence-electron chi connectivity index (χ4n) is 3.45. The Hall–Kier alpha value is -2.94. The highest BCUT2D eigenvalue weighted by molar-refractivity contribution is 7.92. The van der Waals surface area contributed by atoms with E-state index in [0.29, 0.717) is 30.9 Å². The molecule has 2 aromatic carbocycles. The van der Waals surface area contributed by atoms with Crippen LogP contribution in [0.25, 0.3) is 0 Å². The summed E-state index contributed by atoms with van der Waals surface area (Å²) < 4.78 is 40.2. The largest absolute Gasteiger partial charge is 0.342 e. The number of amides is 2. The smallest absolute Gasteiger partial charge is 0.261 e. The average Bonchev–Trinajstić information content (AvgIpc) is 2.74. The first kappa shape index (κ1) is 22.7. The van der Waals surface area contributed by atoms with Gasteiger partial charge in [0.1, 0.15) is 5.82 Å². The molecule has 1 heterocycles. The summed E-state index contributed by atoms with van der Waals surface area (Å²) in [6.45, 7) is 4.76. The highest BCUT2D eigenvalue weighted by Gasteiger charge is 2.29. The zero-order chi connectivity index (χ0) is 22.6. The van der Waals surface area contributed by atoms with E-state index in [1.165, 1.54) is 24.3 Å². The van der Waals surface area contributed by atoms with Gasteiger partial charge in [-0.25, -0.2) is 12.8 Å². The zero-order valence-electron chi connectivity index (χ0n) is 17.5. The van der Waals surface area contributed by atoms with Crippen LogP contribution in [0.3, 0.4) is 0 Å². The van der Waals surface area contributed by atoms with Crippen molar-refractivity contribution in [1.82, 2.24) is 4.90 Å². The summed E-state index contributed by atoms with van der Waals surface area (Å²) >= 11 is 0. The van der Waals surface area contributed by atoms with Crippen LogP contribution in [-0.2, 0) is 19.6 Å². The van der Waals surface area contributed by atoms with Crippen molar-refractivity contribution in [2.45, 2.75) is 31.6 Å². The van der Waals surface area contributed by atoms with Crippen molar-refractivity contribution < 1.29 is 22.4 Å². The highest BCUT2D eigenvalue weighted by Crippen LogP contribution is 2.22. The maximum absolute atomic E-state index is 13.0. The van der Waals surface area contributed by atoms with Gasteiger partial charge in [-0.2, -0.15) is 0 Å². The topological polar surface area (TPSA) is 95.6 Å². The van der Waals surface area contributed by atoms with E-state index in [4.69, 9.17) is 0 Å². The second kappa shape index (κ2) is 9.47. The van der Waals surface area contributed by atoms with Crippen LogP contribution in [0.1, 0.15) is 26.7 Å². The Bertz CT molecular complexity index is 1040. The number of likely N-dealkylation sites (tertiary alicyclic amines) is 1. The second-order valence-electron chi connectivity index (χ2n) is 7.90. The first-order chi connectivity index (χ1) is 14.7. The van der Waals surface area contributed by atoms with Gasteiger partial charge in [0.2, 0.25) is 11.8 Å². The standard InChI is InChI=1S/C22H26FN3O4S/c1-15(2)22(28)26-13-3-4-16(14-26)21(27)24-18-7-9-19(10-8-18)25-31(29,30)20-11-5-17(23)6-12-20/h5-12,15-16,25H,3-4,13-14H2,1-2H3,(H,24,27). The summed E-state index contributed by atoms with van der Waals surface area (Å²) in [6.07, 6.45) is 1.49. The summed E-state index contributed by atoms with van der Waals surface area (Å²) in [5.41, 5.74) is 0.843. The average molecular weight is 448 g/mol. The van der Waals surface area contributed by atoms with Gasteiger partial charge in [-0.15, -0.1) is 0 Å². The molecule has 9 heteroatoms. The molecule has 2 aromatic rings. The first-order valence-corrected chi connectivity index (χ1v) is 11.6. The first-order valence-electron chi connectivity index (χ1n) is 10.1. The molecule has 7 nitrogen and oxygen atoms in total. The van der Waals surface area contributed by atoms with Crippen LogP contribution >= 0.6 is 0 Å². The molecule has 1 atom stereocenters. The number of rotatable bonds is 6. The van der Waals surface area contributed by atoms with E-state index < -0.39 is 15.8 Å². The van der Waals surface area contributed by atoms with Gasteiger partial charge in [-0.05, 0) is 61.4 Å². The third-order valence-corrected chi connectivity index (χ3v) is 6.52. The second-order valence-corrected chi connectivity index (χ2v) is 9.59. The summed E-state index contributed by atoms with van der Waals surface area (Å²) in [4.78, 5) is 26.5. The Balaban J connectivity index is 1.60. The molecule has 0 saturated carbocycles. The lowest BCUT2D eigenvalue weighted by Gasteiger charge is -2.33. The van der Waals surface area contributed by atoms with Crippen molar-refractivity contribution in [3.63, 3.8) is 0 Å². The number of hydrogen-bond acceptors (Lipinski definition) is 4. The van der Waals surface area contributed by atoms with Crippen LogP contribution in [0.4, 0.5) is 15.8 Å². The molecule has 3 rings (SSSR count). The predicted molar refractivity (Wildman–Crippen MR) is 116 cm³/mol. The van der Waals surface area contributed by atoms with Gasteiger partial charge in [0.25, 0.3) is 10.0 Å². The summed E-state index contributed by atoms with van der Waals surface area (Å²) in [5, 5.41) is 2.83. The van der Waals surface area contributed by atoms with Gasteiger partial charge in [-0.1, -0.05) is 13.8 Å². The quantitative estimate of drug-likeness (QED) is 0.709. The Morgan fingerprint density at radius 2 is 1.65 bits per heavy atom. The van der Waals surface area contributed by atoms with E-state index in [2.05, 4.69) is 10.0 Å². The molecule has 0 aromatic heterocycles. The monoisotopic (exact) mass is 447 g/mol. The SMILES string of the molecule is CC(C)C(=O)N1CCCC(C(=O)Nc2ccc(NS(=O)(=O)c3ccc(F)cc3)cc2)C1. The van der Waals surface area contributed by atoms with Crippen molar-refractivity contribution in [3.05, 3.63) is 54.3 Å². The molecule has 0 aliphatic carbocycles. The van der Waals surface area contributed by atoms with Gasteiger partial charge in [0.15, 0.2) is 0 Å². The Morgan fingerprint density at radius 3 is 2.26 bits per heavy atom. The molecule has 166 valence electrons. The normalized spacial score (nSPS) is 16.8. The molecular formula is C22H26FN3O4S. The van der Waals surface area contributed by atoms with Crippen molar-refractivity contribution in [1.29, 1.82) is 0 Å². The number of nitrogens with one attached hydrogen (secondary N) is 2. The molecule has 1 fully saturated rings. The number of carbonyl (C=O) groups excluding carboxylic acids is 2.